The highest BCUT2D eigenvalue weighted by molar-refractivity contribution is 9.10. The Kier molecular flexibility index (Phi) is 3.17. The zero-order valence-corrected chi connectivity index (χ0v) is 12.7. The van der Waals surface area contributed by atoms with Crippen molar-refractivity contribution in [1.29, 1.82) is 0 Å². The predicted molar refractivity (Wildman–Crippen MR) is 80.7 cm³/mol. The third-order valence-corrected chi connectivity index (χ3v) is 3.80. The van der Waals surface area contributed by atoms with Crippen LogP contribution < -0.4 is 5.69 Å². The van der Waals surface area contributed by atoms with Crippen LogP contribution in [-0.2, 0) is 7.05 Å². The maximum Gasteiger partial charge on any atom is 0.331 e. The number of imidazole rings is 1. The molecule has 0 spiro atoms. The van der Waals surface area contributed by atoms with Gasteiger partial charge in [0.2, 0.25) is 0 Å². The molecular formula is C14H13BrN4O. The minimum absolute atomic E-state index is 0.101. The van der Waals surface area contributed by atoms with Crippen molar-refractivity contribution in [2.75, 3.05) is 0 Å². The van der Waals surface area contributed by atoms with E-state index in [1.165, 1.54) is 4.57 Å². The maximum absolute atomic E-state index is 12.4. The van der Waals surface area contributed by atoms with Crippen molar-refractivity contribution in [3.8, 4) is 0 Å². The van der Waals surface area contributed by atoms with Crippen molar-refractivity contribution in [2.45, 2.75) is 13.0 Å². The summed E-state index contributed by atoms with van der Waals surface area (Å²) in [4.78, 5) is 21.1. The molecule has 0 aliphatic rings. The van der Waals surface area contributed by atoms with Gasteiger partial charge in [0.1, 0.15) is 4.60 Å². The molecule has 2 aromatic heterocycles. The van der Waals surface area contributed by atoms with E-state index in [4.69, 9.17) is 0 Å². The number of hydrogen-bond donors (Lipinski definition) is 0. The lowest BCUT2D eigenvalue weighted by Crippen LogP contribution is -2.25. The van der Waals surface area contributed by atoms with E-state index in [1.807, 2.05) is 37.3 Å². The molecule has 0 saturated heterocycles. The van der Waals surface area contributed by atoms with Gasteiger partial charge in [0.25, 0.3) is 0 Å². The summed E-state index contributed by atoms with van der Waals surface area (Å²) in [6.07, 6.45) is 1.60. The summed E-state index contributed by atoms with van der Waals surface area (Å²) in [5.74, 6) is 0. The third-order valence-electron chi connectivity index (χ3n) is 3.41. The molecular weight excluding hydrogens is 320 g/mol. The van der Waals surface area contributed by atoms with Crippen LogP contribution in [0.15, 0.2) is 45.9 Å². The number of benzene rings is 1. The van der Waals surface area contributed by atoms with Crippen LogP contribution in [0.5, 0.6) is 0 Å². The Bertz CT molecular complexity index is 822. The summed E-state index contributed by atoms with van der Waals surface area (Å²) in [6.45, 7) is 1.98. The number of hydrogen-bond acceptors (Lipinski definition) is 3. The molecule has 0 aliphatic carbocycles. The largest absolute Gasteiger partial charge is 0.331 e. The Hall–Kier alpha value is -1.95. The van der Waals surface area contributed by atoms with Crippen molar-refractivity contribution in [1.82, 2.24) is 19.1 Å². The van der Waals surface area contributed by atoms with Crippen molar-refractivity contribution in [3.05, 3.63) is 57.2 Å². The van der Waals surface area contributed by atoms with Gasteiger partial charge in [-0.2, -0.15) is 0 Å². The second-order valence-corrected chi connectivity index (χ2v) is 5.45. The first-order valence-corrected chi connectivity index (χ1v) is 7.03. The molecule has 5 nitrogen and oxygen atoms in total. The van der Waals surface area contributed by atoms with Crippen LogP contribution in [0, 0.1) is 0 Å². The van der Waals surface area contributed by atoms with Gasteiger partial charge in [-0.25, -0.2) is 14.8 Å². The molecule has 0 fully saturated rings. The van der Waals surface area contributed by atoms with Gasteiger partial charge < -0.3 is 0 Å². The van der Waals surface area contributed by atoms with E-state index in [1.54, 1.807) is 17.8 Å². The Morgan fingerprint density at radius 2 is 1.90 bits per heavy atom. The summed E-state index contributed by atoms with van der Waals surface area (Å²) in [5.41, 5.74) is 2.11. The van der Waals surface area contributed by atoms with E-state index in [0.717, 1.165) is 5.56 Å². The molecule has 0 N–H and O–H groups in total. The summed E-state index contributed by atoms with van der Waals surface area (Å²) in [7, 11) is 1.71. The Morgan fingerprint density at radius 1 is 1.20 bits per heavy atom. The molecule has 0 radical (unpaired) electrons. The van der Waals surface area contributed by atoms with Gasteiger partial charge in [-0.3, -0.25) is 9.13 Å². The van der Waals surface area contributed by atoms with Gasteiger partial charge in [0, 0.05) is 7.05 Å². The van der Waals surface area contributed by atoms with E-state index in [-0.39, 0.29) is 11.7 Å². The number of nitrogens with zero attached hydrogens (tertiary/aromatic N) is 4. The number of rotatable bonds is 2. The fraction of sp³-hybridized carbons (Fsp3) is 0.214. The molecule has 1 atom stereocenters. The molecule has 2 heterocycles. The second kappa shape index (κ2) is 4.86. The van der Waals surface area contributed by atoms with Crippen LogP contribution in [0.2, 0.25) is 0 Å². The summed E-state index contributed by atoms with van der Waals surface area (Å²) in [5, 5.41) is 0. The zero-order valence-electron chi connectivity index (χ0n) is 11.1. The number of halogens is 1. The summed E-state index contributed by atoms with van der Waals surface area (Å²) >= 11 is 3.31. The standard InChI is InChI=1S/C14H13BrN4O/c1-9(10-6-4-3-5-7-10)19-13-12(18(2)14(19)20)16-8-11(15)17-13/h3-9H,1-2H3. The number of aryl methyl sites for hydroxylation is 1. The average Bonchev–Trinajstić information content (AvgIpc) is 2.71. The maximum atomic E-state index is 12.4. The lowest BCUT2D eigenvalue weighted by Gasteiger charge is -2.13. The molecule has 3 aromatic rings. The minimum atomic E-state index is -0.116. The Morgan fingerprint density at radius 3 is 2.60 bits per heavy atom. The lowest BCUT2D eigenvalue weighted by atomic mass is 10.1. The Balaban J connectivity index is 2.28. The molecule has 3 rings (SSSR count). The zero-order chi connectivity index (χ0) is 14.3. The van der Waals surface area contributed by atoms with Gasteiger partial charge >= 0.3 is 5.69 Å². The SMILES string of the molecule is CC(c1ccccc1)n1c(=O)n(C)c2ncc(Br)nc21. The molecule has 0 amide bonds. The van der Waals surface area contributed by atoms with Crippen molar-refractivity contribution in [3.63, 3.8) is 0 Å². The van der Waals surface area contributed by atoms with Crippen molar-refractivity contribution >= 4 is 27.2 Å². The van der Waals surface area contributed by atoms with Gasteiger partial charge in [0.05, 0.1) is 12.2 Å². The normalized spacial score (nSPS) is 12.8. The van der Waals surface area contributed by atoms with Crippen molar-refractivity contribution < 1.29 is 0 Å². The topological polar surface area (TPSA) is 52.7 Å². The van der Waals surface area contributed by atoms with Crippen LogP contribution in [-0.4, -0.2) is 19.1 Å². The molecule has 20 heavy (non-hydrogen) atoms. The van der Waals surface area contributed by atoms with Gasteiger partial charge in [-0.15, -0.1) is 0 Å². The van der Waals surface area contributed by atoms with E-state index < -0.39 is 0 Å². The highest BCUT2D eigenvalue weighted by Gasteiger charge is 2.19. The molecule has 0 aliphatic heterocycles. The monoisotopic (exact) mass is 332 g/mol. The fourth-order valence-electron chi connectivity index (χ4n) is 2.32. The fourth-order valence-corrected chi connectivity index (χ4v) is 2.59. The van der Waals surface area contributed by atoms with Gasteiger partial charge in [0.15, 0.2) is 11.3 Å². The van der Waals surface area contributed by atoms with E-state index >= 15 is 0 Å². The predicted octanol–water partition coefficient (Wildman–Crippen LogP) is 2.50. The second-order valence-electron chi connectivity index (χ2n) is 4.64. The summed E-state index contributed by atoms with van der Waals surface area (Å²) < 4.78 is 3.81. The number of fused-ring (bicyclic) bond motifs is 1. The molecule has 6 heteroatoms. The lowest BCUT2D eigenvalue weighted by molar-refractivity contribution is 0.612. The van der Waals surface area contributed by atoms with Gasteiger partial charge in [-0.1, -0.05) is 30.3 Å². The minimum Gasteiger partial charge on any atom is -0.278 e. The third kappa shape index (κ3) is 1.96. The van der Waals surface area contributed by atoms with Crippen LogP contribution in [0.25, 0.3) is 11.3 Å². The van der Waals surface area contributed by atoms with Crippen LogP contribution in [0.4, 0.5) is 0 Å². The molecule has 0 bridgehead atoms. The van der Waals surface area contributed by atoms with Crippen LogP contribution in [0.3, 0.4) is 0 Å². The van der Waals surface area contributed by atoms with E-state index in [9.17, 15) is 4.79 Å². The molecule has 102 valence electrons. The first-order valence-electron chi connectivity index (χ1n) is 6.24. The highest BCUT2D eigenvalue weighted by Crippen LogP contribution is 2.20. The van der Waals surface area contributed by atoms with Crippen LogP contribution >= 0.6 is 15.9 Å². The number of aromatic nitrogens is 4. The smallest absolute Gasteiger partial charge is 0.278 e. The average molecular weight is 333 g/mol. The van der Waals surface area contributed by atoms with Crippen LogP contribution in [0.1, 0.15) is 18.5 Å². The van der Waals surface area contributed by atoms with Gasteiger partial charge in [-0.05, 0) is 28.4 Å². The van der Waals surface area contributed by atoms with Crippen molar-refractivity contribution in [2.24, 2.45) is 7.05 Å². The molecule has 0 saturated carbocycles. The molecule has 1 aromatic carbocycles. The quantitative estimate of drug-likeness (QED) is 0.724. The van der Waals surface area contributed by atoms with E-state index in [2.05, 4.69) is 25.9 Å². The van der Waals surface area contributed by atoms with E-state index in [0.29, 0.717) is 15.9 Å². The molecule has 1 unspecified atom stereocenters. The first-order chi connectivity index (χ1) is 9.59. The summed E-state index contributed by atoms with van der Waals surface area (Å²) in [6, 6.07) is 9.78. The Labute approximate surface area is 124 Å². The first kappa shape index (κ1) is 13.1. The highest BCUT2D eigenvalue weighted by atomic mass is 79.9.